The molecule has 8 aromatic rings. The molecule has 0 radical (unpaired) electrons. The van der Waals surface area contributed by atoms with Gasteiger partial charge < -0.3 is 4.74 Å². The summed E-state index contributed by atoms with van der Waals surface area (Å²) in [6.07, 6.45) is 4.09. The smallest absolute Gasteiger partial charge is 0.255 e. The summed E-state index contributed by atoms with van der Waals surface area (Å²) in [4.78, 5) is 4.91. The van der Waals surface area contributed by atoms with E-state index < -0.39 is 0 Å². The van der Waals surface area contributed by atoms with Gasteiger partial charge in [-0.05, 0) is 118 Å². The van der Waals surface area contributed by atoms with Gasteiger partial charge in [-0.2, -0.15) is 9.13 Å². The van der Waals surface area contributed by atoms with Crippen molar-refractivity contribution < 1.29 is 9.30 Å². The molecule has 9 rings (SSSR count). The van der Waals surface area contributed by atoms with E-state index in [4.69, 9.17) is 9.72 Å². The number of para-hydroxylation sites is 2. The van der Waals surface area contributed by atoms with Crippen molar-refractivity contribution in [2.24, 2.45) is 5.41 Å². The molecule has 5 nitrogen and oxygen atoms in total. The number of rotatable bonds is 5. The number of benzene rings is 5. The Bertz CT molecular complexity index is 2800. The number of nitrogens with zero attached hydrogens (tertiary/aromatic N) is 4. The van der Waals surface area contributed by atoms with Gasteiger partial charge in [0.05, 0.1) is 11.0 Å². The molecule has 0 N–H and O–H groups in total. The Hall–Kier alpha value is -5.68. The van der Waals surface area contributed by atoms with Gasteiger partial charge >= 0.3 is 0 Å². The van der Waals surface area contributed by atoms with Crippen LogP contribution in [0, 0.1) is 12.3 Å². The van der Waals surface area contributed by atoms with Crippen molar-refractivity contribution in [1.29, 1.82) is 0 Å². The molecule has 5 aromatic carbocycles. The standard InChI is InChI=1S/C50H51N4O/c1-32-26-27-51-44(28-32)54-42-25-24-39-46(49(7,8)50(9,10)48(39,5)6)45(42)38-23-22-37(30-43(38)54)55-36-15-13-14-35(29-36)53-31-52(40-16-11-12-17-41(40)53)34-20-18-33(19-21-34)47(2,3)4/h11-31H,1-10H3/q+1. The highest BCUT2D eigenvalue weighted by molar-refractivity contribution is 6.12. The highest BCUT2D eigenvalue weighted by Crippen LogP contribution is 2.63. The minimum absolute atomic E-state index is 0.00526. The summed E-state index contributed by atoms with van der Waals surface area (Å²) in [6.45, 7) is 23.4. The molecule has 0 saturated heterocycles. The van der Waals surface area contributed by atoms with E-state index in [-0.39, 0.29) is 21.7 Å². The van der Waals surface area contributed by atoms with Crippen LogP contribution in [0.25, 0.3) is 50.0 Å². The van der Waals surface area contributed by atoms with E-state index in [1.54, 1.807) is 0 Å². The topological polar surface area (TPSA) is 35.9 Å². The van der Waals surface area contributed by atoms with Crippen LogP contribution in [0.1, 0.15) is 84.6 Å². The Morgan fingerprint density at radius 3 is 2.16 bits per heavy atom. The van der Waals surface area contributed by atoms with Crippen LogP contribution in [0.4, 0.5) is 0 Å². The van der Waals surface area contributed by atoms with Crippen LogP contribution >= 0.6 is 0 Å². The molecule has 276 valence electrons. The van der Waals surface area contributed by atoms with E-state index >= 15 is 0 Å². The highest BCUT2D eigenvalue weighted by Gasteiger charge is 2.57. The lowest BCUT2D eigenvalue weighted by molar-refractivity contribution is -0.567. The highest BCUT2D eigenvalue weighted by atomic mass is 16.5. The molecule has 0 atom stereocenters. The van der Waals surface area contributed by atoms with Gasteiger partial charge in [-0.25, -0.2) is 4.98 Å². The van der Waals surface area contributed by atoms with Crippen LogP contribution < -0.4 is 9.30 Å². The van der Waals surface area contributed by atoms with Crippen LogP contribution in [0.3, 0.4) is 0 Å². The third kappa shape index (κ3) is 5.19. The van der Waals surface area contributed by atoms with Crippen LogP contribution in [0.2, 0.25) is 0 Å². The summed E-state index contributed by atoms with van der Waals surface area (Å²) < 4.78 is 13.6. The van der Waals surface area contributed by atoms with Crippen molar-refractivity contribution in [2.45, 2.75) is 85.5 Å². The molecule has 0 fully saturated rings. The fraction of sp³-hybridized carbons (Fsp3) is 0.280. The minimum atomic E-state index is -0.0588. The number of fused-ring (bicyclic) bond motifs is 6. The Morgan fingerprint density at radius 2 is 1.42 bits per heavy atom. The van der Waals surface area contributed by atoms with Crippen LogP contribution in [0.5, 0.6) is 11.5 Å². The average Bonchev–Trinajstić information content (AvgIpc) is 3.73. The predicted molar refractivity (Wildman–Crippen MR) is 227 cm³/mol. The SMILES string of the molecule is Cc1ccnc(-n2c3cc(Oc4cccc(-n5c[n+](-c6ccc(C(C)(C)C)cc6)c6ccccc65)c4)ccc3c3c4c(ccc32)C(C)(C)C(C)(C)C4(C)C)c1. The third-order valence-corrected chi connectivity index (χ3v) is 13.4. The van der Waals surface area contributed by atoms with Crippen LogP contribution in [-0.4, -0.2) is 14.1 Å². The summed E-state index contributed by atoms with van der Waals surface area (Å²) in [7, 11) is 0. The molecule has 0 spiro atoms. The summed E-state index contributed by atoms with van der Waals surface area (Å²) in [5.74, 6) is 2.47. The molecule has 1 aliphatic carbocycles. The van der Waals surface area contributed by atoms with E-state index in [1.165, 1.54) is 38.5 Å². The van der Waals surface area contributed by atoms with Crippen molar-refractivity contribution in [3.8, 4) is 28.7 Å². The van der Waals surface area contributed by atoms with Crippen molar-refractivity contribution in [3.63, 3.8) is 0 Å². The Labute approximate surface area is 324 Å². The molecule has 55 heavy (non-hydrogen) atoms. The fourth-order valence-corrected chi connectivity index (χ4v) is 9.12. The zero-order valence-corrected chi connectivity index (χ0v) is 33.8. The monoisotopic (exact) mass is 723 g/mol. The number of pyridine rings is 1. The summed E-state index contributed by atoms with van der Waals surface area (Å²) in [5.41, 5.74) is 12.1. The molecule has 3 heterocycles. The Morgan fingerprint density at radius 1 is 0.673 bits per heavy atom. The number of hydrogen-bond donors (Lipinski definition) is 0. The number of imidazole rings is 1. The number of ether oxygens (including phenoxy) is 1. The molecule has 0 unspecified atom stereocenters. The van der Waals surface area contributed by atoms with Crippen LogP contribution in [-0.2, 0) is 16.2 Å². The molecule has 0 amide bonds. The first-order valence-electron chi connectivity index (χ1n) is 19.5. The normalized spacial score (nSPS) is 15.9. The quantitative estimate of drug-likeness (QED) is 0.166. The van der Waals surface area contributed by atoms with Gasteiger partial charge in [-0.3, -0.25) is 4.57 Å². The zero-order chi connectivity index (χ0) is 38.7. The van der Waals surface area contributed by atoms with E-state index in [1.807, 2.05) is 12.3 Å². The van der Waals surface area contributed by atoms with Crippen molar-refractivity contribution in [3.05, 3.63) is 150 Å². The van der Waals surface area contributed by atoms with Gasteiger partial charge in [0.2, 0.25) is 0 Å². The van der Waals surface area contributed by atoms with Crippen molar-refractivity contribution in [2.75, 3.05) is 0 Å². The van der Waals surface area contributed by atoms with Gasteiger partial charge in [0.15, 0.2) is 11.0 Å². The number of aromatic nitrogens is 4. The maximum Gasteiger partial charge on any atom is 0.255 e. The predicted octanol–water partition coefficient (Wildman–Crippen LogP) is 12.4. The summed E-state index contributed by atoms with van der Waals surface area (Å²) >= 11 is 0. The first-order chi connectivity index (χ1) is 26.1. The molecular weight excluding hydrogens is 673 g/mol. The first kappa shape index (κ1) is 35.0. The third-order valence-electron chi connectivity index (χ3n) is 13.4. The van der Waals surface area contributed by atoms with Gasteiger partial charge in [-0.1, -0.05) is 98.7 Å². The van der Waals surface area contributed by atoms with E-state index in [0.717, 1.165) is 45.2 Å². The number of aryl methyl sites for hydroxylation is 1. The minimum Gasteiger partial charge on any atom is -0.457 e. The molecule has 5 heteroatoms. The maximum absolute atomic E-state index is 6.75. The van der Waals surface area contributed by atoms with E-state index in [9.17, 15) is 0 Å². The zero-order valence-electron chi connectivity index (χ0n) is 33.8. The van der Waals surface area contributed by atoms with Gasteiger partial charge in [0.1, 0.15) is 28.7 Å². The van der Waals surface area contributed by atoms with Gasteiger partial charge in [0, 0.05) is 29.1 Å². The second-order valence-electron chi connectivity index (χ2n) is 18.2. The lowest BCUT2D eigenvalue weighted by atomic mass is 9.59. The molecular formula is C50H51N4O+. The fourth-order valence-electron chi connectivity index (χ4n) is 9.12. The van der Waals surface area contributed by atoms with E-state index in [2.05, 4.69) is 198 Å². The van der Waals surface area contributed by atoms with Gasteiger partial charge in [0.25, 0.3) is 6.33 Å². The molecule has 0 bridgehead atoms. The lowest BCUT2D eigenvalue weighted by Crippen LogP contribution is -2.42. The second kappa shape index (κ2) is 11.9. The average molecular weight is 724 g/mol. The Kier molecular flexibility index (Phi) is 7.59. The number of hydrogen-bond acceptors (Lipinski definition) is 2. The van der Waals surface area contributed by atoms with Gasteiger partial charge in [-0.15, -0.1) is 0 Å². The lowest BCUT2D eigenvalue weighted by Gasteiger charge is -2.44. The first-order valence-corrected chi connectivity index (χ1v) is 19.5. The molecule has 1 aliphatic rings. The van der Waals surface area contributed by atoms with Crippen molar-refractivity contribution in [1.82, 2.24) is 14.1 Å². The maximum atomic E-state index is 6.75. The van der Waals surface area contributed by atoms with Crippen molar-refractivity contribution >= 4 is 32.8 Å². The summed E-state index contributed by atoms with van der Waals surface area (Å²) in [5, 5.41) is 2.53. The molecule has 0 saturated carbocycles. The van der Waals surface area contributed by atoms with E-state index in [0.29, 0.717) is 0 Å². The molecule has 3 aromatic heterocycles. The summed E-state index contributed by atoms with van der Waals surface area (Å²) in [6, 6.07) is 41.3. The second-order valence-corrected chi connectivity index (χ2v) is 18.2. The Balaban J connectivity index is 1.16. The largest absolute Gasteiger partial charge is 0.457 e. The molecule has 0 aliphatic heterocycles. The van der Waals surface area contributed by atoms with Crippen LogP contribution in [0.15, 0.2) is 128 Å².